The van der Waals surface area contributed by atoms with Gasteiger partial charge < -0.3 is 14.6 Å². The van der Waals surface area contributed by atoms with E-state index in [2.05, 4.69) is 15.3 Å². The van der Waals surface area contributed by atoms with Gasteiger partial charge in [-0.1, -0.05) is 30.3 Å². The van der Waals surface area contributed by atoms with Crippen LogP contribution in [0.5, 0.6) is 17.4 Å². The molecule has 28 heavy (non-hydrogen) atoms. The number of aliphatic carboxylic acids is 1. The van der Waals surface area contributed by atoms with Crippen LogP contribution in [-0.2, 0) is 17.8 Å². The molecule has 1 atom stereocenters. The zero-order chi connectivity index (χ0) is 19.8. The first-order chi connectivity index (χ1) is 13.7. The highest BCUT2D eigenvalue weighted by atomic mass is 16.5. The predicted octanol–water partition coefficient (Wildman–Crippen LogP) is 3.06. The van der Waals surface area contributed by atoms with Gasteiger partial charge in [0.25, 0.3) is 0 Å². The summed E-state index contributed by atoms with van der Waals surface area (Å²) in [6, 6.07) is 16.1. The maximum atomic E-state index is 11.7. The summed E-state index contributed by atoms with van der Waals surface area (Å²) in [4.78, 5) is 19.7. The van der Waals surface area contributed by atoms with Gasteiger partial charge >= 0.3 is 5.97 Å². The Labute approximate surface area is 163 Å². The second-order valence-corrected chi connectivity index (χ2v) is 6.10. The Morgan fingerprint density at radius 1 is 1.14 bits per heavy atom. The van der Waals surface area contributed by atoms with Crippen LogP contribution < -0.4 is 14.8 Å². The number of nitrogens with one attached hydrogen (secondary N) is 1. The van der Waals surface area contributed by atoms with E-state index in [-0.39, 0.29) is 6.54 Å². The van der Waals surface area contributed by atoms with Crippen LogP contribution in [0, 0.1) is 0 Å². The molecule has 1 unspecified atom stereocenters. The number of rotatable bonds is 9. The number of hydrogen-bond acceptors (Lipinski definition) is 6. The molecule has 0 amide bonds. The minimum absolute atomic E-state index is 0.279. The Hall–Kier alpha value is -3.45. The molecule has 0 aliphatic heterocycles. The quantitative estimate of drug-likeness (QED) is 0.590. The Morgan fingerprint density at radius 2 is 1.93 bits per heavy atom. The van der Waals surface area contributed by atoms with Crippen LogP contribution in [0.4, 0.5) is 0 Å². The highest BCUT2D eigenvalue weighted by molar-refractivity contribution is 5.74. The molecule has 0 saturated heterocycles. The molecule has 0 aliphatic rings. The van der Waals surface area contributed by atoms with Gasteiger partial charge in [-0.25, -0.2) is 9.97 Å². The summed E-state index contributed by atoms with van der Waals surface area (Å²) in [7, 11) is 1.51. The van der Waals surface area contributed by atoms with E-state index in [1.54, 1.807) is 6.20 Å². The van der Waals surface area contributed by atoms with E-state index < -0.39 is 12.0 Å². The third-order valence-electron chi connectivity index (χ3n) is 4.09. The van der Waals surface area contributed by atoms with Crippen molar-refractivity contribution in [1.82, 2.24) is 15.3 Å². The van der Waals surface area contributed by atoms with Gasteiger partial charge in [0.2, 0.25) is 5.88 Å². The zero-order valence-electron chi connectivity index (χ0n) is 15.4. The number of hydrogen-bond donors (Lipinski definition) is 2. The van der Waals surface area contributed by atoms with Gasteiger partial charge in [0.05, 0.1) is 7.11 Å². The number of carboxylic acid groups (broad SMARTS) is 1. The van der Waals surface area contributed by atoms with Crippen molar-refractivity contribution in [2.45, 2.75) is 19.0 Å². The van der Waals surface area contributed by atoms with E-state index in [4.69, 9.17) is 9.47 Å². The summed E-state index contributed by atoms with van der Waals surface area (Å²) in [5.74, 6) is 0.866. The molecule has 3 rings (SSSR count). The molecule has 0 spiro atoms. The number of carboxylic acids is 1. The Bertz CT molecular complexity index is 918. The van der Waals surface area contributed by atoms with E-state index in [1.165, 1.54) is 13.4 Å². The average Bonchev–Trinajstić information content (AvgIpc) is 2.72. The fourth-order valence-electron chi connectivity index (χ4n) is 2.73. The van der Waals surface area contributed by atoms with Gasteiger partial charge in [0.1, 0.15) is 23.9 Å². The molecular weight excluding hydrogens is 358 g/mol. The number of ether oxygens (including phenoxy) is 2. The average molecular weight is 379 g/mol. The van der Waals surface area contributed by atoms with Crippen molar-refractivity contribution in [2.24, 2.45) is 0 Å². The summed E-state index contributed by atoms with van der Waals surface area (Å²) in [6.45, 7) is 0.279. The van der Waals surface area contributed by atoms with Crippen LogP contribution >= 0.6 is 0 Å². The smallest absolute Gasteiger partial charge is 0.321 e. The van der Waals surface area contributed by atoms with Crippen LogP contribution in [0.3, 0.4) is 0 Å². The number of aromatic nitrogens is 2. The van der Waals surface area contributed by atoms with Crippen molar-refractivity contribution in [3.05, 3.63) is 78.2 Å². The molecule has 7 nitrogen and oxygen atoms in total. The molecule has 0 saturated carbocycles. The van der Waals surface area contributed by atoms with Gasteiger partial charge in [0, 0.05) is 18.3 Å². The second-order valence-electron chi connectivity index (χ2n) is 6.10. The van der Waals surface area contributed by atoms with Gasteiger partial charge in [0.15, 0.2) is 0 Å². The number of methoxy groups -OCH3 is 1. The zero-order valence-corrected chi connectivity index (χ0v) is 15.4. The van der Waals surface area contributed by atoms with E-state index >= 15 is 0 Å². The normalized spacial score (nSPS) is 11.6. The lowest BCUT2D eigenvalue weighted by atomic mass is 10.1. The first-order valence-electron chi connectivity index (χ1n) is 8.76. The highest BCUT2D eigenvalue weighted by Crippen LogP contribution is 2.22. The number of benzene rings is 2. The Kier molecular flexibility index (Phi) is 6.54. The second kappa shape index (κ2) is 9.48. The maximum Gasteiger partial charge on any atom is 0.321 e. The van der Waals surface area contributed by atoms with Crippen LogP contribution in [0.2, 0.25) is 0 Å². The molecule has 7 heteroatoms. The van der Waals surface area contributed by atoms with Crippen molar-refractivity contribution < 1.29 is 19.4 Å². The topological polar surface area (TPSA) is 93.6 Å². The summed E-state index contributed by atoms with van der Waals surface area (Å²) >= 11 is 0. The summed E-state index contributed by atoms with van der Waals surface area (Å²) in [6.07, 6.45) is 3.29. The minimum atomic E-state index is -0.940. The Morgan fingerprint density at radius 3 is 2.68 bits per heavy atom. The van der Waals surface area contributed by atoms with Gasteiger partial charge in [-0.15, -0.1) is 0 Å². The molecule has 1 heterocycles. The van der Waals surface area contributed by atoms with Crippen LogP contribution in [0.15, 0.2) is 67.1 Å². The van der Waals surface area contributed by atoms with Crippen molar-refractivity contribution in [1.29, 1.82) is 0 Å². The van der Waals surface area contributed by atoms with E-state index in [0.717, 1.165) is 11.3 Å². The molecule has 0 aliphatic carbocycles. The van der Waals surface area contributed by atoms with E-state index in [0.29, 0.717) is 23.6 Å². The van der Waals surface area contributed by atoms with Crippen LogP contribution in [0.1, 0.15) is 11.1 Å². The number of para-hydroxylation sites is 1. The van der Waals surface area contributed by atoms with Crippen LogP contribution in [-0.4, -0.2) is 34.2 Å². The van der Waals surface area contributed by atoms with Crippen LogP contribution in [0.25, 0.3) is 0 Å². The van der Waals surface area contributed by atoms with Crippen molar-refractivity contribution in [3.8, 4) is 17.4 Å². The minimum Gasteiger partial charge on any atom is -0.481 e. The van der Waals surface area contributed by atoms with Crippen molar-refractivity contribution in [3.63, 3.8) is 0 Å². The standard InChI is InChI=1S/C21H21N3O4/c1-27-20-16(12-22-14-24-20)13-23-19(21(25)26)11-15-6-5-9-18(10-15)28-17-7-3-2-4-8-17/h2-10,12,14,19,23H,11,13H2,1H3,(H,25,26). The van der Waals surface area contributed by atoms with Gasteiger partial charge in [-0.3, -0.25) is 10.1 Å². The molecule has 2 N–H and O–H groups in total. The molecule has 0 fully saturated rings. The molecule has 144 valence electrons. The molecule has 2 aromatic carbocycles. The summed E-state index contributed by atoms with van der Waals surface area (Å²) < 4.78 is 11.0. The largest absolute Gasteiger partial charge is 0.481 e. The number of carbonyl (C=O) groups is 1. The lowest BCUT2D eigenvalue weighted by molar-refractivity contribution is -0.139. The van der Waals surface area contributed by atoms with E-state index in [9.17, 15) is 9.90 Å². The molecule has 0 radical (unpaired) electrons. The van der Waals surface area contributed by atoms with Crippen molar-refractivity contribution >= 4 is 5.97 Å². The molecular formula is C21H21N3O4. The lowest BCUT2D eigenvalue weighted by Crippen LogP contribution is -2.38. The molecule has 3 aromatic rings. The van der Waals surface area contributed by atoms with Crippen molar-refractivity contribution in [2.75, 3.05) is 7.11 Å². The third kappa shape index (κ3) is 5.28. The lowest BCUT2D eigenvalue weighted by Gasteiger charge is -2.16. The Balaban J connectivity index is 1.67. The number of nitrogens with zero attached hydrogens (tertiary/aromatic N) is 2. The first kappa shape index (κ1) is 19.3. The third-order valence-corrected chi connectivity index (χ3v) is 4.09. The fraction of sp³-hybridized carbons (Fsp3) is 0.190. The monoisotopic (exact) mass is 379 g/mol. The maximum absolute atomic E-state index is 11.7. The first-order valence-corrected chi connectivity index (χ1v) is 8.76. The van der Waals surface area contributed by atoms with Gasteiger partial charge in [-0.2, -0.15) is 0 Å². The molecule has 0 bridgehead atoms. The fourth-order valence-corrected chi connectivity index (χ4v) is 2.73. The highest BCUT2D eigenvalue weighted by Gasteiger charge is 2.19. The van der Waals surface area contributed by atoms with E-state index in [1.807, 2.05) is 54.6 Å². The molecule has 1 aromatic heterocycles. The summed E-state index contributed by atoms with van der Waals surface area (Å²) in [5.41, 5.74) is 1.54. The summed E-state index contributed by atoms with van der Waals surface area (Å²) in [5, 5.41) is 12.6. The predicted molar refractivity (Wildman–Crippen MR) is 104 cm³/mol. The SMILES string of the molecule is COc1ncncc1CNC(Cc1cccc(Oc2ccccc2)c1)C(=O)O. The van der Waals surface area contributed by atoms with Gasteiger partial charge in [-0.05, 0) is 36.2 Å².